The molecule has 1 amide bonds. The highest BCUT2D eigenvalue weighted by Crippen LogP contribution is 2.33. The fourth-order valence-corrected chi connectivity index (χ4v) is 2.95. The zero-order valence-electron chi connectivity index (χ0n) is 12.9. The van der Waals surface area contributed by atoms with Gasteiger partial charge in [0.1, 0.15) is 19.1 Å². The molecule has 2 aliphatic heterocycles. The Bertz CT molecular complexity index is 529. The number of nitrogens with one attached hydrogen (secondary N) is 2. The van der Waals surface area contributed by atoms with Crippen molar-refractivity contribution in [2.45, 2.75) is 19.4 Å². The molecule has 0 saturated carbocycles. The number of carbonyl (C=O) groups is 1. The molecule has 22 heavy (non-hydrogen) atoms. The summed E-state index contributed by atoms with van der Waals surface area (Å²) in [7, 11) is 0. The third kappa shape index (κ3) is 3.34. The normalized spacial score (nSPS) is 19.0. The van der Waals surface area contributed by atoms with E-state index in [0.29, 0.717) is 13.0 Å². The van der Waals surface area contributed by atoms with Crippen LogP contribution in [0.4, 0.5) is 0 Å². The quantitative estimate of drug-likeness (QED) is 0.797. The van der Waals surface area contributed by atoms with Gasteiger partial charge in [0.15, 0.2) is 11.5 Å². The van der Waals surface area contributed by atoms with Crippen LogP contribution in [-0.2, 0) is 9.53 Å². The van der Waals surface area contributed by atoms with Crippen molar-refractivity contribution in [3.63, 3.8) is 0 Å². The van der Waals surface area contributed by atoms with E-state index in [-0.39, 0.29) is 18.7 Å². The summed E-state index contributed by atoms with van der Waals surface area (Å²) in [6.07, 6.45) is 0.506. The van der Waals surface area contributed by atoms with E-state index in [1.54, 1.807) is 0 Å². The Morgan fingerprint density at radius 3 is 2.82 bits per heavy atom. The largest absolute Gasteiger partial charge is 0.454 e. The molecule has 0 unspecified atom stereocenters. The van der Waals surface area contributed by atoms with Crippen molar-refractivity contribution >= 4 is 5.91 Å². The van der Waals surface area contributed by atoms with E-state index in [1.165, 1.54) is 4.90 Å². The van der Waals surface area contributed by atoms with Gasteiger partial charge in [0, 0.05) is 12.0 Å². The zero-order valence-corrected chi connectivity index (χ0v) is 12.9. The number of amides is 1. The minimum atomic E-state index is 0.0819. The molecule has 1 fully saturated rings. The average molecular weight is 307 g/mol. The first-order valence-electron chi connectivity index (χ1n) is 7.86. The lowest BCUT2D eigenvalue weighted by molar-refractivity contribution is -0.937. The molecule has 2 aliphatic rings. The smallest absolute Gasteiger partial charge is 0.231 e. The predicted octanol–water partition coefficient (Wildman–Crippen LogP) is -0.102. The number of morpholine rings is 1. The molecular weight excluding hydrogens is 284 g/mol. The Morgan fingerprint density at radius 2 is 2.05 bits per heavy atom. The molecular formula is C16H23N2O4+. The van der Waals surface area contributed by atoms with E-state index in [2.05, 4.69) is 11.4 Å². The fraction of sp³-hybridized carbons (Fsp3) is 0.562. The maximum atomic E-state index is 11.6. The maximum absolute atomic E-state index is 11.6. The molecule has 1 saturated heterocycles. The fourth-order valence-electron chi connectivity index (χ4n) is 2.95. The van der Waals surface area contributed by atoms with Crippen molar-refractivity contribution in [3.05, 3.63) is 23.8 Å². The number of hydrogen-bond donors (Lipinski definition) is 2. The molecule has 0 aliphatic carbocycles. The van der Waals surface area contributed by atoms with Gasteiger partial charge in [0.25, 0.3) is 0 Å². The Balaban J connectivity index is 1.78. The van der Waals surface area contributed by atoms with Gasteiger partial charge in [0.2, 0.25) is 12.7 Å². The van der Waals surface area contributed by atoms with Crippen LogP contribution in [0.3, 0.4) is 0 Å². The monoisotopic (exact) mass is 307 g/mol. The van der Waals surface area contributed by atoms with Gasteiger partial charge in [-0.05, 0) is 18.2 Å². The Morgan fingerprint density at radius 1 is 1.27 bits per heavy atom. The van der Waals surface area contributed by atoms with Crippen molar-refractivity contribution < 1.29 is 23.9 Å². The number of ether oxygens (including phenoxy) is 3. The van der Waals surface area contributed by atoms with Crippen molar-refractivity contribution in [2.24, 2.45) is 0 Å². The van der Waals surface area contributed by atoms with E-state index in [1.807, 2.05) is 19.1 Å². The molecule has 0 radical (unpaired) electrons. The number of benzene rings is 1. The minimum Gasteiger partial charge on any atom is -0.454 e. The third-order valence-corrected chi connectivity index (χ3v) is 4.25. The Hall–Kier alpha value is -1.79. The van der Waals surface area contributed by atoms with Gasteiger partial charge in [-0.1, -0.05) is 6.92 Å². The first-order valence-corrected chi connectivity index (χ1v) is 7.86. The van der Waals surface area contributed by atoms with Crippen LogP contribution in [0.2, 0.25) is 0 Å². The minimum absolute atomic E-state index is 0.0819. The second-order valence-electron chi connectivity index (χ2n) is 5.59. The van der Waals surface area contributed by atoms with Crippen molar-refractivity contribution in [3.8, 4) is 11.5 Å². The molecule has 6 heteroatoms. The number of fused-ring (bicyclic) bond motifs is 1. The summed E-state index contributed by atoms with van der Waals surface area (Å²) < 4.78 is 16.3. The van der Waals surface area contributed by atoms with Crippen LogP contribution in [-0.4, -0.2) is 45.5 Å². The first kappa shape index (κ1) is 15.1. The first-order chi connectivity index (χ1) is 10.8. The third-order valence-electron chi connectivity index (χ3n) is 4.25. The molecule has 1 atom stereocenters. The molecule has 0 aromatic heterocycles. The Labute approximate surface area is 130 Å². The number of carbonyl (C=O) groups excluding carboxylic acids is 1. The van der Waals surface area contributed by atoms with Crippen LogP contribution in [0, 0.1) is 0 Å². The SMILES string of the molecule is CCC(=O)NC[C@H](c1ccc2c(c1)OCO2)[NH+]1CCOCC1. The average Bonchev–Trinajstić information content (AvgIpc) is 3.03. The van der Waals surface area contributed by atoms with E-state index in [4.69, 9.17) is 14.2 Å². The van der Waals surface area contributed by atoms with Crippen LogP contribution >= 0.6 is 0 Å². The van der Waals surface area contributed by atoms with Crippen LogP contribution in [0.25, 0.3) is 0 Å². The lowest BCUT2D eigenvalue weighted by atomic mass is 10.0. The molecule has 6 nitrogen and oxygen atoms in total. The Kier molecular flexibility index (Phi) is 4.80. The van der Waals surface area contributed by atoms with Gasteiger partial charge in [0.05, 0.1) is 19.8 Å². The second kappa shape index (κ2) is 6.98. The summed E-state index contributed by atoms with van der Waals surface area (Å²) >= 11 is 0. The standard InChI is InChI=1S/C16H22N2O4/c1-2-16(19)17-10-13(18-5-7-20-8-6-18)12-3-4-14-15(9-12)22-11-21-14/h3-4,9,13H,2,5-8,10-11H2,1H3,(H,17,19)/p+1/t13-/m1/s1. The molecule has 0 spiro atoms. The maximum Gasteiger partial charge on any atom is 0.231 e. The summed E-state index contributed by atoms with van der Waals surface area (Å²) in [4.78, 5) is 13.1. The highest BCUT2D eigenvalue weighted by Gasteiger charge is 2.28. The van der Waals surface area contributed by atoms with Crippen molar-refractivity contribution in [2.75, 3.05) is 39.6 Å². The highest BCUT2D eigenvalue weighted by atomic mass is 16.7. The van der Waals surface area contributed by atoms with Crippen molar-refractivity contribution in [1.82, 2.24) is 5.32 Å². The van der Waals surface area contributed by atoms with E-state index >= 15 is 0 Å². The van der Waals surface area contributed by atoms with Gasteiger partial charge in [-0.2, -0.15) is 0 Å². The molecule has 2 N–H and O–H groups in total. The van der Waals surface area contributed by atoms with E-state index in [9.17, 15) is 4.79 Å². The highest BCUT2D eigenvalue weighted by molar-refractivity contribution is 5.75. The lowest BCUT2D eigenvalue weighted by Gasteiger charge is -2.32. The summed E-state index contributed by atoms with van der Waals surface area (Å²) in [5, 5.41) is 3.02. The molecule has 0 bridgehead atoms. The number of quaternary nitrogens is 1. The van der Waals surface area contributed by atoms with E-state index in [0.717, 1.165) is 43.4 Å². The molecule has 1 aromatic rings. The topological polar surface area (TPSA) is 61.2 Å². The summed E-state index contributed by atoms with van der Waals surface area (Å²) in [6.45, 7) is 6.19. The number of rotatable bonds is 5. The summed E-state index contributed by atoms with van der Waals surface area (Å²) in [6, 6.07) is 6.26. The van der Waals surface area contributed by atoms with Gasteiger partial charge in [-0.25, -0.2) is 0 Å². The molecule has 2 heterocycles. The van der Waals surface area contributed by atoms with Crippen molar-refractivity contribution in [1.29, 1.82) is 0 Å². The van der Waals surface area contributed by atoms with Crippen LogP contribution in [0.1, 0.15) is 24.9 Å². The van der Waals surface area contributed by atoms with Gasteiger partial charge >= 0.3 is 0 Å². The van der Waals surface area contributed by atoms with Gasteiger partial charge in [-0.3, -0.25) is 4.79 Å². The predicted molar refractivity (Wildman–Crippen MR) is 80.1 cm³/mol. The summed E-state index contributed by atoms with van der Waals surface area (Å²) in [5.74, 6) is 1.66. The lowest BCUT2D eigenvalue weighted by Crippen LogP contribution is -3.15. The van der Waals surface area contributed by atoms with Crippen LogP contribution < -0.4 is 19.7 Å². The molecule has 3 rings (SSSR count). The van der Waals surface area contributed by atoms with E-state index < -0.39 is 0 Å². The number of hydrogen-bond acceptors (Lipinski definition) is 4. The second-order valence-corrected chi connectivity index (χ2v) is 5.59. The van der Waals surface area contributed by atoms with Gasteiger partial charge in [-0.15, -0.1) is 0 Å². The van der Waals surface area contributed by atoms with Crippen LogP contribution in [0.5, 0.6) is 11.5 Å². The summed E-state index contributed by atoms with van der Waals surface area (Å²) in [5.41, 5.74) is 1.16. The molecule has 120 valence electrons. The molecule has 1 aromatic carbocycles. The van der Waals surface area contributed by atoms with Crippen LogP contribution in [0.15, 0.2) is 18.2 Å². The van der Waals surface area contributed by atoms with Gasteiger partial charge < -0.3 is 24.4 Å². The zero-order chi connectivity index (χ0) is 15.4.